The Labute approximate surface area is 148 Å². The molecule has 1 unspecified atom stereocenters. The number of rotatable bonds is 4. The van der Waals surface area contributed by atoms with Crippen LogP contribution >= 0.6 is 0 Å². The van der Waals surface area contributed by atoms with E-state index >= 15 is 0 Å². The Morgan fingerprint density at radius 1 is 1.20 bits per heavy atom. The van der Waals surface area contributed by atoms with Gasteiger partial charge in [0.1, 0.15) is 0 Å². The van der Waals surface area contributed by atoms with Gasteiger partial charge in [-0.1, -0.05) is 6.07 Å². The number of piperidine rings is 1. The summed E-state index contributed by atoms with van der Waals surface area (Å²) in [4.78, 5) is 17.6. The first-order valence-corrected chi connectivity index (χ1v) is 8.99. The highest BCUT2D eigenvalue weighted by atomic mass is 16.5. The van der Waals surface area contributed by atoms with Gasteiger partial charge in [-0.05, 0) is 44.0 Å². The summed E-state index contributed by atoms with van der Waals surface area (Å²) in [6.07, 6.45) is 10.6. The molecule has 0 N–H and O–H groups in total. The minimum atomic E-state index is 0.0269. The van der Waals surface area contributed by atoms with Crippen molar-refractivity contribution in [2.75, 3.05) is 31.6 Å². The minimum Gasteiger partial charge on any atom is -0.373 e. The zero-order chi connectivity index (χ0) is 17.1. The first-order chi connectivity index (χ1) is 12.2. The Balaban J connectivity index is 1.33. The third kappa shape index (κ3) is 3.65. The smallest absolute Gasteiger partial charge is 0.225 e. The summed E-state index contributed by atoms with van der Waals surface area (Å²) in [5, 5.41) is 0. The van der Waals surface area contributed by atoms with Crippen LogP contribution in [0.2, 0.25) is 0 Å². The van der Waals surface area contributed by atoms with Crippen LogP contribution in [0.4, 0.5) is 5.95 Å². The molecular weight excluding hydrogens is 314 g/mol. The molecule has 4 heterocycles. The molecule has 132 valence electrons. The predicted octanol–water partition coefficient (Wildman–Crippen LogP) is 2.13. The van der Waals surface area contributed by atoms with Gasteiger partial charge in [0.2, 0.25) is 5.95 Å². The van der Waals surface area contributed by atoms with Crippen molar-refractivity contribution in [1.29, 1.82) is 0 Å². The van der Waals surface area contributed by atoms with Crippen molar-refractivity contribution in [3.05, 3.63) is 48.5 Å². The number of hydrogen-bond donors (Lipinski definition) is 0. The number of nitrogens with zero attached hydrogens (tertiary/aromatic N) is 5. The van der Waals surface area contributed by atoms with Crippen LogP contribution in [-0.2, 0) is 11.3 Å². The van der Waals surface area contributed by atoms with Gasteiger partial charge < -0.3 is 9.64 Å². The average Bonchev–Trinajstić information content (AvgIpc) is 3.08. The summed E-state index contributed by atoms with van der Waals surface area (Å²) < 4.78 is 6.31. The SMILES string of the molecule is CN(Cc1cccnc1)C1COC2(CCN(c3ncccn3)CC2)C1. The molecule has 6 nitrogen and oxygen atoms in total. The van der Waals surface area contributed by atoms with Gasteiger partial charge in [-0.15, -0.1) is 0 Å². The first kappa shape index (κ1) is 16.4. The summed E-state index contributed by atoms with van der Waals surface area (Å²) >= 11 is 0. The molecule has 0 saturated carbocycles. The monoisotopic (exact) mass is 339 g/mol. The maximum atomic E-state index is 6.31. The van der Waals surface area contributed by atoms with E-state index in [1.807, 2.05) is 36.9 Å². The maximum Gasteiger partial charge on any atom is 0.225 e. The number of aromatic nitrogens is 3. The van der Waals surface area contributed by atoms with E-state index in [0.717, 1.165) is 51.5 Å². The summed E-state index contributed by atoms with van der Waals surface area (Å²) in [6, 6.07) is 6.46. The maximum absolute atomic E-state index is 6.31. The number of pyridine rings is 1. The van der Waals surface area contributed by atoms with Crippen LogP contribution in [0.1, 0.15) is 24.8 Å². The van der Waals surface area contributed by atoms with E-state index in [1.54, 1.807) is 0 Å². The van der Waals surface area contributed by atoms with Crippen LogP contribution in [0.25, 0.3) is 0 Å². The highest BCUT2D eigenvalue weighted by molar-refractivity contribution is 5.29. The normalized spacial score (nSPS) is 22.6. The summed E-state index contributed by atoms with van der Waals surface area (Å²) in [6.45, 7) is 3.66. The highest BCUT2D eigenvalue weighted by Crippen LogP contribution is 2.38. The average molecular weight is 339 g/mol. The number of anilines is 1. The molecule has 2 aromatic heterocycles. The van der Waals surface area contributed by atoms with E-state index in [0.29, 0.717) is 6.04 Å². The Kier molecular flexibility index (Phi) is 4.63. The molecule has 2 fully saturated rings. The fourth-order valence-electron chi connectivity index (χ4n) is 3.93. The first-order valence-electron chi connectivity index (χ1n) is 8.99. The Hall–Kier alpha value is -2.05. The van der Waals surface area contributed by atoms with E-state index in [2.05, 4.69) is 37.9 Å². The van der Waals surface area contributed by atoms with Gasteiger partial charge >= 0.3 is 0 Å². The van der Waals surface area contributed by atoms with Crippen molar-refractivity contribution < 1.29 is 4.74 Å². The quantitative estimate of drug-likeness (QED) is 0.851. The van der Waals surface area contributed by atoms with Gasteiger partial charge in [0, 0.05) is 50.5 Å². The van der Waals surface area contributed by atoms with Gasteiger partial charge in [-0.3, -0.25) is 9.88 Å². The van der Waals surface area contributed by atoms with Crippen molar-refractivity contribution in [3.63, 3.8) is 0 Å². The van der Waals surface area contributed by atoms with E-state index < -0.39 is 0 Å². The molecule has 6 heteroatoms. The zero-order valence-electron chi connectivity index (χ0n) is 14.7. The molecule has 2 aliphatic heterocycles. The predicted molar refractivity (Wildman–Crippen MR) is 96.3 cm³/mol. The van der Waals surface area contributed by atoms with E-state index in [4.69, 9.17) is 4.74 Å². The fourth-order valence-corrected chi connectivity index (χ4v) is 3.93. The second-order valence-corrected chi connectivity index (χ2v) is 7.16. The van der Waals surface area contributed by atoms with Crippen LogP contribution in [0, 0.1) is 0 Å². The Morgan fingerprint density at radius 2 is 2.00 bits per heavy atom. The van der Waals surface area contributed by atoms with Crippen LogP contribution < -0.4 is 4.90 Å². The Bertz CT molecular complexity index is 673. The molecule has 4 rings (SSSR count). The third-order valence-electron chi connectivity index (χ3n) is 5.48. The van der Waals surface area contributed by atoms with E-state index in [1.165, 1.54) is 5.56 Å². The number of ether oxygens (including phenoxy) is 1. The number of likely N-dealkylation sites (N-methyl/N-ethyl adjacent to an activating group) is 1. The van der Waals surface area contributed by atoms with Gasteiger partial charge in [-0.25, -0.2) is 9.97 Å². The summed E-state index contributed by atoms with van der Waals surface area (Å²) in [7, 11) is 2.19. The summed E-state index contributed by atoms with van der Waals surface area (Å²) in [5.74, 6) is 0.834. The molecule has 2 saturated heterocycles. The lowest BCUT2D eigenvalue weighted by atomic mass is 9.87. The lowest BCUT2D eigenvalue weighted by molar-refractivity contribution is -0.0159. The zero-order valence-corrected chi connectivity index (χ0v) is 14.7. The fraction of sp³-hybridized carbons (Fsp3) is 0.526. The van der Waals surface area contributed by atoms with E-state index in [-0.39, 0.29) is 5.60 Å². The second kappa shape index (κ2) is 7.06. The molecule has 0 aliphatic carbocycles. The van der Waals surface area contributed by atoms with Gasteiger partial charge in [0.05, 0.1) is 12.2 Å². The molecule has 2 aliphatic rings. The standard InChI is InChI=1S/C19H25N5O/c1-23(14-16-4-2-7-20-13-16)17-12-19(25-15-17)5-10-24(11-6-19)18-21-8-3-9-22-18/h2-4,7-9,13,17H,5-6,10-12,14-15H2,1H3. The molecular formula is C19H25N5O. The second-order valence-electron chi connectivity index (χ2n) is 7.16. The van der Waals surface area contributed by atoms with Crippen LogP contribution in [0.15, 0.2) is 43.0 Å². The van der Waals surface area contributed by atoms with Crippen molar-refractivity contribution in [2.24, 2.45) is 0 Å². The highest BCUT2D eigenvalue weighted by Gasteiger charge is 2.44. The van der Waals surface area contributed by atoms with Crippen molar-refractivity contribution >= 4 is 5.95 Å². The van der Waals surface area contributed by atoms with E-state index in [9.17, 15) is 0 Å². The molecule has 0 amide bonds. The van der Waals surface area contributed by atoms with Crippen LogP contribution in [-0.4, -0.2) is 58.2 Å². The lowest BCUT2D eigenvalue weighted by Crippen LogP contribution is -2.45. The molecule has 1 spiro atoms. The van der Waals surface area contributed by atoms with Crippen LogP contribution in [0.3, 0.4) is 0 Å². The topological polar surface area (TPSA) is 54.4 Å². The molecule has 2 aromatic rings. The Morgan fingerprint density at radius 3 is 2.72 bits per heavy atom. The lowest BCUT2D eigenvalue weighted by Gasteiger charge is -2.38. The molecule has 1 atom stereocenters. The van der Waals surface area contributed by atoms with Gasteiger partial charge in [-0.2, -0.15) is 0 Å². The van der Waals surface area contributed by atoms with Crippen molar-refractivity contribution in [1.82, 2.24) is 19.9 Å². The summed E-state index contributed by atoms with van der Waals surface area (Å²) in [5.41, 5.74) is 1.28. The molecule has 0 radical (unpaired) electrons. The third-order valence-corrected chi connectivity index (χ3v) is 5.48. The van der Waals surface area contributed by atoms with Crippen LogP contribution in [0.5, 0.6) is 0 Å². The molecule has 0 bridgehead atoms. The largest absolute Gasteiger partial charge is 0.373 e. The number of hydrogen-bond acceptors (Lipinski definition) is 6. The molecule has 0 aromatic carbocycles. The van der Waals surface area contributed by atoms with Crippen molar-refractivity contribution in [3.8, 4) is 0 Å². The molecule has 25 heavy (non-hydrogen) atoms. The van der Waals surface area contributed by atoms with Gasteiger partial charge in [0.15, 0.2) is 0 Å². The van der Waals surface area contributed by atoms with Crippen molar-refractivity contribution in [2.45, 2.75) is 37.5 Å². The minimum absolute atomic E-state index is 0.0269. The van der Waals surface area contributed by atoms with Gasteiger partial charge in [0.25, 0.3) is 0 Å².